The lowest BCUT2D eigenvalue weighted by Gasteiger charge is -2.13. The molecule has 1 aliphatic heterocycles. The summed E-state index contributed by atoms with van der Waals surface area (Å²) in [5, 5.41) is 3.57. The highest BCUT2D eigenvalue weighted by Crippen LogP contribution is 2.24. The minimum Gasteiger partial charge on any atom is -0.381 e. The van der Waals surface area contributed by atoms with Gasteiger partial charge in [-0.25, -0.2) is 0 Å². The van der Waals surface area contributed by atoms with E-state index < -0.39 is 0 Å². The van der Waals surface area contributed by atoms with Crippen LogP contribution in [0.1, 0.15) is 12.0 Å². The second-order valence-electron chi connectivity index (χ2n) is 3.67. The van der Waals surface area contributed by atoms with Gasteiger partial charge in [-0.05, 0) is 42.9 Å². The number of anilines is 1. The zero-order valence-electron chi connectivity index (χ0n) is 8.22. The van der Waals surface area contributed by atoms with Crippen molar-refractivity contribution in [3.8, 4) is 0 Å². The zero-order chi connectivity index (χ0) is 9.97. The van der Waals surface area contributed by atoms with Crippen molar-refractivity contribution in [2.45, 2.75) is 19.4 Å². The highest BCUT2D eigenvalue weighted by atomic mass is 79.9. The third-order valence-corrected chi connectivity index (χ3v) is 4.51. The summed E-state index contributed by atoms with van der Waals surface area (Å²) in [5.41, 5.74) is 2.54. The summed E-state index contributed by atoms with van der Waals surface area (Å²) in [6.45, 7) is 2.12. The quantitative estimate of drug-likeness (QED) is 0.881. The van der Waals surface area contributed by atoms with E-state index >= 15 is 0 Å². The van der Waals surface area contributed by atoms with Gasteiger partial charge in [-0.1, -0.05) is 15.9 Å². The molecule has 0 unspecified atom stereocenters. The SMILES string of the molecule is Cc1cc(N[C@@H]2CCSC2)ccc1Br. The van der Waals surface area contributed by atoms with Crippen LogP contribution in [0.3, 0.4) is 0 Å². The maximum atomic E-state index is 3.57. The summed E-state index contributed by atoms with van der Waals surface area (Å²) in [6, 6.07) is 7.12. The Hall–Kier alpha value is -0.150. The lowest BCUT2D eigenvalue weighted by Crippen LogP contribution is -2.17. The molecular formula is C11H14BrNS. The number of hydrogen-bond donors (Lipinski definition) is 1. The molecule has 0 saturated carbocycles. The summed E-state index contributed by atoms with van der Waals surface area (Å²) >= 11 is 5.55. The van der Waals surface area contributed by atoms with E-state index in [0.29, 0.717) is 6.04 Å². The molecule has 0 amide bonds. The van der Waals surface area contributed by atoms with Gasteiger partial charge in [-0.2, -0.15) is 11.8 Å². The van der Waals surface area contributed by atoms with E-state index in [9.17, 15) is 0 Å². The monoisotopic (exact) mass is 271 g/mol. The van der Waals surface area contributed by atoms with Crippen molar-refractivity contribution in [3.63, 3.8) is 0 Å². The molecule has 1 atom stereocenters. The number of benzene rings is 1. The van der Waals surface area contributed by atoms with Crippen molar-refractivity contribution in [3.05, 3.63) is 28.2 Å². The van der Waals surface area contributed by atoms with Crippen molar-refractivity contribution >= 4 is 33.4 Å². The average Bonchev–Trinajstić information content (AvgIpc) is 2.64. The lowest BCUT2D eigenvalue weighted by molar-refractivity contribution is 0.813. The van der Waals surface area contributed by atoms with E-state index in [-0.39, 0.29) is 0 Å². The number of halogens is 1. The van der Waals surface area contributed by atoms with Gasteiger partial charge in [0.1, 0.15) is 0 Å². The van der Waals surface area contributed by atoms with E-state index in [1.165, 1.54) is 33.7 Å². The summed E-state index contributed by atoms with van der Waals surface area (Å²) in [5.74, 6) is 2.54. The van der Waals surface area contributed by atoms with Crippen molar-refractivity contribution < 1.29 is 0 Å². The number of nitrogens with one attached hydrogen (secondary N) is 1. The minimum atomic E-state index is 0.667. The highest BCUT2D eigenvalue weighted by molar-refractivity contribution is 9.10. The molecule has 0 aromatic heterocycles. The molecule has 14 heavy (non-hydrogen) atoms. The number of hydrogen-bond acceptors (Lipinski definition) is 2. The van der Waals surface area contributed by atoms with Crippen LogP contribution in [0.15, 0.2) is 22.7 Å². The van der Waals surface area contributed by atoms with Crippen LogP contribution in [-0.2, 0) is 0 Å². The fraction of sp³-hybridized carbons (Fsp3) is 0.455. The highest BCUT2D eigenvalue weighted by Gasteiger charge is 2.14. The van der Waals surface area contributed by atoms with E-state index in [1.54, 1.807) is 0 Å². The Morgan fingerprint density at radius 1 is 1.50 bits per heavy atom. The molecule has 0 aliphatic carbocycles. The maximum Gasteiger partial charge on any atom is 0.0359 e. The van der Waals surface area contributed by atoms with Gasteiger partial charge in [-0.3, -0.25) is 0 Å². The van der Waals surface area contributed by atoms with Crippen LogP contribution in [0, 0.1) is 6.92 Å². The van der Waals surface area contributed by atoms with E-state index in [4.69, 9.17) is 0 Å². The fourth-order valence-corrected chi connectivity index (χ4v) is 3.02. The predicted octanol–water partition coefficient (Wildman–Crippen LogP) is 3.67. The van der Waals surface area contributed by atoms with E-state index in [1.807, 2.05) is 11.8 Å². The Bertz CT molecular complexity index is 321. The Balaban J connectivity index is 2.05. The van der Waals surface area contributed by atoms with Crippen LogP contribution in [0.25, 0.3) is 0 Å². The Morgan fingerprint density at radius 3 is 3.00 bits per heavy atom. The molecule has 1 aromatic rings. The van der Waals surface area contributed by atoms with Crippen molar-refractivity contribution in [1.82, 2.24) is 0 Å². The van der Waals surface area contributed by atoms with Gasteiger partial charge < -0.3 is 5.32 Å². The number of aryl methyl sites for hydroxylation is 1. The Labute approximate surface area is 97.8 Å². The summed E-state index contributed by atoms with van der Waals surface area (Å²) in [7, 11) is 0. The normalized spacial score (nSPS) is 21.1. The van der Waals surface area contributed by atoms with Gasteiger partial charge in [-0.15, -0.1) is 0 Å². The van der Waals surface area contributed by atoms with Crippen LogP contribution in [0.4, 0.5) is 5.69 Å². The van der Waals surface area contributed by atoms with Crippen LogP contribution in [0.5, 0.6) is 0 Å². The zero-order valence-corrected chi connectivity index (χ0v) is 10.6. The molecule has 76 valence electrons. The topological polar surface area (TPSA) is 12.0 Å². The lowest BCUT2D eigenvalue weighted by atomic mass is 10.2. The molecule has 1 aromatic carbocycles. The van der Waals surface area contributed by atoms with Crippen molar-refractivity contribution in [2.24, 2.45) is 0 Å². The first kappa shape index (κ1) is 10.4. The van der Waals surface area contributed by atoms with Crippen LogP contribution in [-0.4, -0.2) is 17.5 Å². The molecule has 0 radical (unpaired) electrons. The molecular weight excluding hydrogens is 258 g/mol. The van der Waals surface area contributed by atoms with Crippen molar-refractivity contribution in [1.29, 1.82) is 0 Å². The van der Waals surface area contributed by atoms with Crippen LogP contribution in [0.2, 0.25) is 0 Å². The average molecular weight is 272 g/mol. The predicted molar refractivity (Wildman–Crippen MR) is 68.2 cm³/mol. The molecule has 1 nitrogen and oxygen atoms in total. The molecule has 1 N–H and O–H groups in total. The van der Waals surface area contributed by atoms with Gasteiger partial charge >= 0.3 is 0 Å². The number of rotatable bonds is 2. The van der Waals surface area contributed by atoms with E-state index in [0.717, 1.165) is 0 Å². The maximum absolute atomic E-state index is 3.57. The summed E-state index contributed by atoms with van der Waals surface area (Å²) in [6.07, 6.45) is 1.29. The molecule has 1 heterocycles. The molecule has 0 bridgehead atoms. The van der Waals surface area contributed by atoms with Crippen LogP contribution >= 0.6 is 27.7 Å². The van der Waals surface area contributed by atoms with Crippen molar-refractivity contribution in [2.75, 3.05) is 16.8 Å². The number of thioether (sulfide) groups is 1. The molecule has 1 fully saturated rings. The summed E-state index contributed by atoms with van der Waals surface area (Å²) < 4.78 is 1.18. The van der Waals surface area contributed by atoms with E-state index in [2.05, 4.69) is 46.4 Å². The second kappa shape index (κ2) is 4.58. The first-order chi connectivity index (χ1) is 6.75. The smallest absolute Gasteiger partial charge is 0.0359 e. The van der Waals surface area contributed by atoms with Gasteiger partial charge in [0.25, 0.3) is 0 Å². The molecule has 0 spiro atoms. The van der Waals surface area contributed by atoms with Gasteiger partial charge in [0.15, 0.2) is 0 Å². The van der Waals surface area contributed by atoms with Gasteiger partial charge in [0.2, 0.25) is 0 Å². The Morgan fingerprint density at radius 2 is 2.36 bits per heavy atom. The third kappa shape index (κ3) is 2.45. The standard InChI is InChI=1S/C11H14BrNS/c1-8-6-9(2-3-11(8)12)13-10-4-5-14-7-10/h2-3,6,10,13H,4-5,7H2,1H3/t10-/m1/s1. The van der Waals surface area contributed by atoms with Crippen LogP contribution < -0.4 is 5.32 Å². The first-order valence-electron chi connectivity index (χ1n) is 4.86. The molecule has 1 aliphatic rings. The molecule has 1 saturated heterocycles. The molecule has 3 heteroatoms. The molecule has 2 rings (SSSR count). The summed E-state index contributed by atoms with van der Waals surface area (Å²) in [4.78, 5) is 0. The van der Waals surface area contributed by atoms with Gasteiger partial charge in [0.05, 0.1) is 0 Å². The first-order valence-corrected chi connectivity index (χ1v) is 6.81. The largest absolute Gasteiger partial charge is 0.381 e. The third-order valence-electron chi connectivity index (χ3n) is 2.46. The minimum absolute atomic E-state index is 0.667. The second-order valence-corrected chi connectivity index (χ2v) is 5.67. The fourth-order valence-electron chi connectivity index (χ4n) is 1.62. The van der Waals surface area contributed by atoms with Gasteiger partial charge in [0, 0.05) is 22.0 Å². The Kier molecular flexibility index (Phi) is 3.39.